The Balaban J connectivity index is 1.63. The van der Waals surface area contributed by atoms with E-state index in [1.54, 1.807) is 0 Å². The molecule has 0 radical (unpaired) electrons. The van der Waals surface area contributed by atoms with E-state index in [1.165, 1.54) is 44.0 Å². The first-order valence-corrected chi connectivity index (χ1v) is 8.43. The van der Waals surface area contributed by atoms with Crippen LogP contribution in [0.4, 0.5) is 5.82 Å². The third-order valence-corrected chi connectivity index (χ3v) is 4.88. The highest BCUT2D eigenvalue weighted by Gasteiger charge is 2.27. The first kappa shape index (κ1) is 15.1. The Morgan fingerprint density at radius 1 is 1.32 bits per heavy atom. The highest BCUT2D eigenvalue weighted by Crippen LogP contribution is 2.29. The number of hydrogen-bond acceptors (Lipinski definition) is 3. The van der Waals surface area contributed by atoms with Crippen LogP contribution in [-0.2, 0) is 11.3 Å². The lowest BCUT2D eigenvalue weighted by Crippen LogP contribution is -2.45. The number of carbonyl (C=O) groups excluding carboxylic acids is 1. The molecule has 1 N–H and O–H groups in total. The van der Waals surface area contributed by atoms with Crippen molar-refractivity contribution in [2.24, 2.45) is 11.8 Å². The summed E-state index contributed by atoms with van der Waals surface area (Å²) in [5.74, 6) is 2.35. The van der Waals surface area contributed by atoms with E-state index in [9.17, 15) is 4.79 Å². The lowest BCUT2D eigenvalue weighted by atomic mass is 9.88. The molecule has 22 heavy (non-hydrogen) atoms. The highest BCUT2D eigenvalue weighted by molar-refractivity contribution is 5.86. The Bertz CT molecular complexity index is 518. The number of fused-ring (bicyclic) bond motifs is 1. The third-order valence-electron chi connectivity index (χ3n) is 4.88. The van der Waals surface area contributed by atoms with Gasteiger partial charge in [0.25, 0.3) is 0 Å². The summed E-state index contributed by atoms with van der Waals surface area (Å²) >= 11 is 0. The van der Waals surface area contributed by atoms with Crippen LogP contribution in [0.5, 0.6) is 0 Å². The summed E-state index contributed by atoms with van der Waals surface area (Å²) in [5, 5.41) is 7.36. The number of aromatic nitrogens is 2. The van der Waals surface area contributed by atoms with Gasteiger partial charge in [0, 0.05) is 38.2 Å². The van der Waals surface area contributed by atoms with Crippen molar-refractivity contribution >= 4 is 11.7 Å². The average molecular weight is 302 g/mol. The van der Waals surface area contributed by atoms with E-state index in [4.69, 9.17) is 0 Å². The van der Waals surface area contributed by atoms with Gasteiger partial charge < -0.3 is 10.2 Å². The molecule has 3 rings (SSSR count). The Kier molecular flexibility index (Phi) is 4.80. The quantitative estimate of drug-likeness (QED) is 0.848. The molecular weight excluding hydrogens is 276 g/mol. The van der Waals surface area contributed by atoms with Gasteiger partial charge in [-0.2, -0.15) is 5.10 Å². The second-order valence-corrected chi connectivity index (χ2v) is 6.60. The molecule has 0 saturated heterocycles. The van der Waals surface area contributed by atoms with Crippen LogP contribution in [0.2, 0.25) is 0 Å². The first-order chi connectivity index (χ1) is 10.8. The van der Waals surface area contributed by atoms with Crippen molar-refractivity contribution in [3.8, 4) is 0 Å². The van der Waals surface area contributed by atoms with Gasteiger partial charge in [-0.1, -0.05) is 25.8 Å². The Morgan fingerprint density at radius 2 is 2.14 bits per heavy atom. The maximum atomic E-state index is 11.4. The van der Waals surface area contributed by atoms with Crippen LogP contribution in [0.25, 0.3) is 0 Å². The molecule has 5 nitrogen and oxygen atoms in total. The molecule has 5 heteroatoms. The molecule has 1 unspecified atom stereocenters. The molecule has 2 heterocycles. The first-order valence-electron chi connectivity index (χ1n) is 8.43. The van der Waals surface area contributed by atoms with Crippen LogP contribution >= 0.6 is 0 Å². The Labute approximate surface area is 132 Å². The fraction of sp³-hybridized carbons (Fsp3) is 0.647. The zero-order valence-electron chi connectivity index (χ0n) is 13.2. The summed E-state index contributed by atoms with van der Waals surface area (Å²) in [6.45, 7) is 7.19. The number of carbonyl (C=O) groups is 1. The number of hydrogen-bond donors (Lipinski definition) is 1. The molecule has 120 valence electrons. The molecule has 1 aliphatic heterocycles. The van der Waals surface area contributed by atoms with Crippen LogP contribution in [0.3, 0.4) is 0 Å². The molecule has 0 spiro atoms. The van der Waals surface area contributed by atoms with E-state index in [-0.39, 0.29) is 5.91 Å². The maximum absolute atomic E-state index is 11.4. The molecule has 1 atom stereocenters. The van der Waals surface area contributed by atoms with Gasteiger partial charge in [0.1, 0.15) is 5.82 Å². The van der Waals surface area contributed by atoms with E-state index >= 15 is 0 Å². The van der Waals surface area contributed by atoms with Crippen LogP contribution < -0.4 is 10.2 Å². The summed E-state index contributed by atoms with van der Waals surface area (Å²) < 4.78 is 2.08. The van der Waals surface area contributed by atoms with Crippen molar-refractivity contribution in [3.05, 3.63) is 24.9 Å². The lowest BCUT2D eigenvalue weighted by molar-refractivity contribution is -0.116. The molecule has 2 aliphatic rings. The second kappa shape index (κ2) is 6.99. The van der Waals surface area contributed by atoms with E-state index in [0.29, 0.717) is 12.5 Å². The van der Waals surface area contributed by atoms with E-state index in [0.717, 1.165) is 25.6 Å². The lowest BCUT2D eigenvalue weighted by Gasteiger charge is -2.37. The number of rotatable bonds is 5. The van der Waals surface area contributed by atoms with Gasteiger partial charge in [-0.05, 0) is 24.8 Å². The summed E-state index contributed by atoms with van der Waals surface area (Å²) in [5.41, 5.74) is 0. The van der Waals surface area contributed by atoms with Crippen molar-refractivity contribution in [1.82, 2.24) is 15.1 Å². The Hall–Kier alpha value is -1.78. The largest absolute Gasteiger partial charge is 0.356 e. The average Bonchev–Trinajstić information content (AvgIpc) is 3.02. The molecule has 0 aromatic carbocycles. The van der Waals surface area contributed by atoms with Crippen molar-refractivity contribution in [2.45, 2.75) is 38.6 Å². The molecule has 1 aromatic rings. The number of amides is 1. The molecule has 1 fully saturated rings. The number of nitrogens with one attached hydrogen (secondary N) is 1. The zero-order valence-corrected chi connectivity index (χ0v) is 13.2. The number of anilines is 1. The monoisotopic (exact) mass is 302 g/mol. The minimum Gasteiger partial charge on any atom is -0.356 e. The van der Waals surface area contributed by atoms with Crippen molar-refractivity contribution < 1.29 is 4.79 Å². The van der Waals surface area contributed by atoms with Gasteiger partial charge in [0.2, 0.25) is 5.91 Å². The zero-order chi connectivity index (χ0) is 15.4. The topological polar surface area (TPSA) is 50.2 Å². The normalized spacial score (nSPS) is 22.2. The van der Waals surface area contributed by atoms with Gasteiger partial charge in [0.05, 0.1) is 6.20 Å². The standard InChI is InChI=1S/C17H26N4O/c1-2-16(22)18-10-15-12-20(11-14-6-4-3-5-7-14)17-8-9-19-21(17)13-15/h2,8-9,14-15H,1,3-7,10-13H2,(H,18,22). The summed E-state index contributed by atoms with van der Waals surface area (Å²) in [4.78, 5) is 13.9. The minimum atomic E-state index is -0.0925. The SMILES string of the molecule is C=CC(=O)NCC1CN(CC2CCCCC2)c2ccnn2C1. The van der Waals surface area contributed by atoms with Gasteiger partial charge in [0.15, 0.2) is 0 Å². The van der Waals surface area contributed by atoms with Gasteiger partial charge in [-0.3, -0.25) is 4.79 Å². The second-order valence-electron chi connectivity index (χ2n) is 6.60. The highest BCUT2D eigenvalue weighted by atomic mass is 16.1. The predicted octanol–water partition coefficient (Wildman–Crippen LogP) is 2.20. The summed E-state index contributed by atoms with van der Waals surface area (Å²) in [7, 11) is 0. The van der Waals surface area contributed by atoms with Gasteiger partial charge in [-0.15, -0.1) is 0 Å². The minimum absolute atomic E-state index is 0.0925. The molecule has 1 saturated carbocycles. The van der Waals surface area contributed by atoms with Crippen molar-refractivity contribution in [2.75, 3.05) is 24.5 Å². The maximum Gasteiger partial charge on any atom is 0.243 e. The van der Waals surface area contributed by atoms with E-state index in [1.807, 2.05) is 6.20 Å². The van der Waals surface area contributed by atoms with Crippen LogP contribution in [0, 0.1) is 11.8 Å². The van der Waals surface area contributed by atoms with Crippen LogP contribution in [-0.4, -0.2) is 35.3 Å². The smallest absolute Gasteiger partial charge is 0.243 e. The predicted molar refractivity (Wildman–Crippen MR) is 87.7 cm³/mol. The fourth-order valence-electron chi connectivity index (χ4n) is 3.74. The molecular formula is C17H26N4O. The third kappa shape index (κ3) is 3.51. The van der Waals surface area contributed by atoms with E-state index in [2.05, 4.69) is 32.6 Å². The van der Waals surface area contributed by atoms with Crippen molar-refractivity contribution in [3.63, 3.8) is 0 Å². The van der Waals surface area contributed by atoms with Gasteiger partial charge >= 0.3 is 0 Å². The summed E-state index contributed by atoms with van der Waals surface area (Å²) in [6.07, 6.45) is 10.1. The summed E-state index contributed by atoms with van der Waals surface area (Å²) in [6, 6.07) is 2.11. The van der Waals surface area contributed by atoms with Crippen LogP contribution in [0.1, 0.15) is 32.1 Å². The van der Waals surface area contributed by atoms with Gasteiger partial charge in [-0.25, -0.2) is 4.68 Å². The number of nitrogens with zero attached hydrogens (tertiary/aromatic N) is 3. The van der Waals surface area contributed by atoms with Crippen LogP contribution in [0.15, 0.2) is 24.9 Å². The fourth-order valence-corrected chi connectivity index (χ4v) is 3.74. The van der Waals surface area contributed by atoms with E-state index < -0.39 is 0 Å². The Morgan fingerprint density at radius 3 is 2.91 bits per heavy atom. The molecule has 1 aliphatic carbocycles. The molecule has 1 aromatic heterocycles. The van der Waals surface area contributed by atoms with Crippen molar-refractivity contribution in [1.29, 1.82) is 0 Å². The molecule has 1 amide bonds. The molecule has 0 bridgehead atoms.